The van der Waals surface area contributed by atoms with Crippen molar-refractivity contribution >= 4 is 5.91 Å². The quantitative estimate of drug-likeness (QED) is 0.782. The van der Waals surface area contributed by atoms with E-state index in [9.17, 15) is 9.90 Å². The van der Waals surface area contributed by atoms with Crippen LogP contribution in [-0.2, 0) is 11.2 Å². The van der Waals surface area contributed by atoms with Crippen molar-refractivity contribution < 1.29 is 9.90 Å². The molecule has 1 amide bonds. The van der Waals surface area contributed by atoms with Crippen molar-refractivity contribution in [1.82, 2.24) is 4.90 Å². The van der Waals surface area contributed by atoms with Gasteiger partial charge in [-0.3, -0.25) is 4.79 Å². The third kappa shape index (κ3) is 3.05. The lowest BCUT2D eigenvalue weighted by atomic mass is 10.1. The second kappa shape index (κ2) is 5.29. The van der Waals surface area contributed by atoms with E-state index in [-0.39, 0.29) is 12.0 Å². The molecule has 1 heterocycles. The summed E-state index contributed by atoms with van der Waals surface area (Å²) in [4.78, 5) is 13.6. The average molecular weight is 234 g/mol. The first kappa shape index (κ1) is 12.1. The van der Waals surface area contributed by atoms with Crippen LogP contribution in [0.25, 0.3) is 0 Å². The molecule has 0 saturated carbocycles. The van der Waals surface area contributed by atoms with Crippen LogP contribution in [0.4, 0.5) is 0 Å². The van der Waals surface area contributed by atoms with Gasteiger partial charge in [0.2, 0.25) is 5.91 Å². The molecule has 4 nitrogen and oxygen atoms in total. The zero-order chi connectivity index (χ0) is 12.3. The number of aliphatic hydroxyl groups is 1. The van der Waals surface area contributed by atoms with Gasteiger partial charge in [-0.2, -0.15) is 0 Å². The lowest BCUT2D eigenvalue weighted by Crippen LogP contribution is -2.44. The maximum absolute atomic E-state index is 12.0. The zero-order valence-corrected chi connectivity index (χ0v) is 9.75. The van der Waals surface area contributed by atoms with Crippen molar-refractivity contribution in [3.05, 3.63) is 35.9 Å². The molecule has 0 aliphatic carbocycles. The van der Waals surface area contributed by atoms with Gasteiger partial charge in [0.25, 0.3) is 0 Å². The summed E-state index contributed by atoms with van der Waals surface area (Å²) in [6, 6.07) is 9.23. The standard InChI is InChI=1S/C13H18N2O2/c14-12(8-10-4-2-1-3-5-10)13(17)15-7-6-11(16)9-15/h1-5,11-12,16H,6-9,14H2/t11-,12+/m0/s1. The lowest BCUT2D eigenvalue weighted by Gasteiger charge is -2.20. The van der Waals surface area contributed by atoms with Crippen LogP contribution in [0.1, 0.15) is 12.0 Å². The third-order valence-electron chi connectivity index (χ3n) is 3.09. The average Bonchev–Trinajstić information content (AvgIpc) is 2.76. The molecule has 1 aromatic rings. The van der Waals surface area contributed by atoms with E-state index < -0.39 is 6.04 Å². The second-order valence-corrected chi connectivity index (χ2v) is 4.52. The molecule has 0 radical (unpaired) electrons. The Balaban J connectivity index is 1.92. The molecule has 92 valence electrons. The Kier molecular flexibility index (Phi) is 3.76. The normalized spacial score (nSPS) is 21.5. The Hall–Kier alpha value is -1.39. The maximum atomic E-state index is 12.0. The van der Waals surface area contributed by atoms with Gasteiger partial charge in [-0.05, 0) is 18.4 Å². The summed E-state index contributed by atoms with van der Waals surface area (Å²) in [5.74, 6) is -0.0644. The highest BCUT2D eigenvalue weighted by Crippen LogP contribution is 2.11. The summed E-state index contributed by atoms with van der Waals surface area (Å²) in [7, 11) is 0. The number of hydrogen-bond acceptors (Lipinski definition) is 3. The molecule has 2 atom stereocenters. The summed E-state index contributed by atoms with van der Waals surface area (Å²) in [5, 5.41) is 9.39. The topological polar surface area (TPSA) is 66.6 Å². The van der Waals surface area contributed by atoms with Gasteiger partial charge >= 0.3 is 0 Å². The highest BCUT2D eigenvalue weighted by atomic mass is 16.3. The molecular formula is C13H18N2O2. The molecule has 1 fully saturated rings. The van der Waals surface area contributed by atoms with E-state index in [0.717, 1.165) is 5.56 Å². The van der Waals surface area contributed by atoms with Crippen molar-refractivity contribution in [3.8, 4) is 0 Å². The van der Waals surface area contributed by atoms with Crippen LogP contribution in [0.15, 0.2) is 30.3 Å². The van der Waals surface area contributed by atoms with Gasteiger partial charge in [0.15, 0.2) is 0 Å². The van der Waals surface area contributed by atoms with Crippen LogP contribution in [-0.4, -0.2) is 41.1 Å². The van der Waals surface area contributed by atoms with E-state index in [1.165, 1.54) is 0 Å². The fourth-order valence-electron chi connectivity index (χ4n) is 2.13. The largest absolute Gasteiger partial charge is 0.391 e. The molecule has 3 N–H and O–H groups in total. The van der Waals surface area contributed by atoms with Gasteiger partial charge in [0, 0.05) is 13.1 Å². The van der Waals surface area contributed by atoms with Crippen LogP contribution in [0.5, 0.6) is 0 Å². The maximum Gasteiger partial charge on any atom is 0.239 e. The van der Waals surface area contributed by atoms with E-state index >= 15 is 0 Å². The first-order chi connectivity index (χ1) is 8.16. The van der Waals surface area contributed by atoms with Crippen molar-refractivity contribution in [2.24, 2.45) is 5.73 Å². The number of benzene rings is 1. The van der Waals surface area contributed by atoms with Gasteiger partial charge in [-0.15, -0.1) is 0 Å². The molecule has 0 unspecified atom stereocenters. The van der Waals surface area contributed by atoms with Crippen LogP contribution in [0.3, 0.4) is 0 Å². The number of rotatable bonds is 3. The SMILES string of the molecule is N[C@H](Cc1ccccc1)C(=O)N1CC[C@H](O)C1. The van der Waals surface area contributed by atoms with Gasteiger partial charge < -0.3 is 15.7 Å². The van der Waals surface area contributed by atoms with E-state index in [1.54, 1.807) is 4.90 Å². The van der Waals surface area contributed by atoms with E-state index in [4.69, 9.17) is 5.73 Å². The summed E-state index contributed by atoms with van der Waals surface area (Å²) in [6.07, 6.45) is 0.818. The van der Waals surface area contributed by atoms with E-state index in [1.807, 2.05) is 30.3 Å². The van der Waals surface area contributed by atoms with Crippen LogP contribution in [0, 0.1) is 0 Å². The highest BCUT2D eigenvalue weighted by molar-refractivity contribution is 5.82. The second-order valence-electron chi connectivity index (χ2n) is 4.52. The smallest absolute Gasteiger partial charge is 0.239 e. The predicted molar refractivity (Wildman–Crippen MR) is 65.3 cm³/mol. The van der Waals surface area contributed by atoms with Gasteiger partial charge in [-0.25, -0.2) is 0 Å². The fourth-order valence-corrected chi connectivity index (χ4v) is 2.13. The zero-order valence-electron chi connectivity index (χ0n) is 9.75. The molecule has 1 aliphatic heterocycles. The summed E-state index contributed by atoms with van der Waals surface area (Å²) < 4.78 is 0. The summed E-state index contributed by atoms with van der Waals surface area (Å²) in [5.41, 5.74) is 6.96. The molecule has 0 spiro atoms. The molecule has 2 rings (SSSR count). The highest BCUT2D eigenvalue weighted by Gasteiger charge is 2.27. The minimum absolute atomic E-state index is 0.0644. The molecule has 0 aromatic heterocycles. The Morgan fingerprint density at radius 1 is 1.47 bits per heavy atom. The van der Waals surface area contributed by atoms with Crippen LogP contribution < -0.4 is 5.73 Å². The van der Waals surface area contributed by atoms with Crippen molar-refractivity contribution in [2.75, 3.05) is 13.1 Å². The van der Waals surface area contributed by atoms with Crippen molar-refractivity contribution in [2.45, 2.75) is 25.0 Å². The Morgan fingerprint density at radius 2 is 2.18 bits per heavy atom. The van der Waals surface area contributed by atoms with Crippen molar-refractivity contribution in [1.29, 1.82) is 0 Å². The summed E-state index contributed by atoms with van der Waals surface area (Å²) >= 11 is 0. The molecule has 1 saturated heterocycles. The third-order valence-corrected chi connectivity index (χ3v) is 3.09. The number of hydrogen-bond donors (Lipinski definition) is 2. The van der Waals surface area contributed by atoms with E-state index in [0.29, 0.717) is 25.9 Å². The predicted octanol–water partition coefficient (Wildman–Crippen LogP) is 0.150. The molecule has 17 heavy (non-hydrogen) atoms. The number of carbonyl (C=O) groups excluding carboxylic acids is 1. The lowest BCUT2D eigenvalue weighted by molar-refractivity contribution is -0.131. The number of nitrogens with zero attached hydrogens (tertiary/aromatic N) is 1. The molecule has 4 heteroatoms. The number of likely N-dealkylation sites (tertiary alicyclic amines) is 1. The van der Waals surface area contributed by atoms with Gasteiger partial charge in [-0.1, -0.05) is 30.3 Å². The Morgan fingerprint density at radius 3 is 2.76 bits per heavy atom. The van der Waals surface area contributed by atoms with Crippen molar-refractivity contribution in [3.63, 3.8) is 0 Å². The van der Waals surface area contributed by atoms with Crippen LogP contribution in [0.2, 0.25) is 0 Å². The summed E-state index contributed by atoms with van der Waals surface area (Å²) in [6.45, 7) is 1.03. The number of nitrogens with two attached hydrogens (primary N) is 1. The molecule has 1 aliphatic rings. The number of β-amino-alcohol motifs (C(OH)–C–C–N with tert-alkyl or cyclic N) is 1. The van der Waals surface area contributed by atoms with E-state index in [2.05, 4.69) is 0 Å². The minimum Gasteiger partial charge on any atom is -0.391 e. The van der Waals surface area contributed by atoms with Gasteiger partial charge in [0.05, 0.1) is 12.1 Å². The first-order valence-electron chi connectivity index (χ1n) is 5.93. The first-order valence-corrected chi connectivity index (χ1v) is 5.93. The molecular weight excluding hydrogens is 216 g/mol. The Labute approximate surface area is 101 Å². The number of carbonyl (C=O) groups is 1. The number of aliphatic hydroxyl groups excluding tert-OH is 1. The monoisotopic (exact) mass is 234 g/mol. The molecule has 1 aromatic carbocycles. The van der Waals surface area contributed by atoms with Gasteiger partial charge in [0.1, 0.15) is 0 Å². The Bertz CT molecular complexity index is 380. The molecule has 0 bridgehead atoms. The fraction of sp³-hybridized carbons (Fsp3) is 0.462. The number of amides is 1. The van der Waals surface area contributed by atoms with Crippen LogP contribution >= 0.6 is 0 Å². The minimum atomic E-state index is -0.511.